The van der Waals surface area contributed by atoms with Crippen molar-refractivity contribution in [3.63, 3.8) is 0 Å². The first-order valence-corrected chi connectivity index (χ1v) is 11.7. The van der Waals surface area contributed by atoms with E-state index in [0.29, 0.717) is 36.7 Å². The standard InChI is InChI=1S/C22H27N5O3S/c1-15(28)27-12-11-21(24-2)20(14-27)22(23)25-18-9-7-16(8-10-18)17-5-4-6-19(13-17)26-31(3,29)30/h4-10,13,24,26H,11-12,14H2,1-3H3,(H2,23,25). The number of rotatable bonds is 6. The highest BCUT2D eigenvalue weighted by Crippen LogP contribution is 2.26. The Labute approximate surface area is 182 Å². The van der Waals surface area contributed by atoms with Crippen molar-refractivity contribution in [1.29, 1.82) is 0 Å². The third kappa shape index (κ3) is 5.85. The molecular formula is C22H27N5O3S. The van der Waals surface area contributed by atoms with Crippen LogP contribution >= 0.6 is 0 Å². The number of hydrogen-bond acceptors (Lipinski definition) is 5. The van der Waals surface area contributed by atoms with Gasteiger partial charge in [-0.2, -0.15) is 0 Å². The lowest BCUT2D eigenvalue weighted by Crippen LogP contribution is -2.40. The number of hydrogen-bond donors (Lipinski definition) is 3. The van der Waals surface area contributed by atoms with Crippen LogP contribution in [0, 0.1) is 0 Å². The molecule has 4 N–H and O–H groups in total. The summed E-state index contributed by atoms with van der Waals surface area (Å²) in [5, 5.41) is 3.16. The van der Waals surface area contributed by atoms with E-state index in [4.69, 9.17) is 5.73 Å². The first-order chi connectivity index (χ1) is 14.7. The fraction of sp³-hybridized carbons (Fsp3) is 0.273. The van der Waals surface area contributed by atoms with Crippen LogP contribution in [0.1, 0.15) is 13.3 Å². The molecule has 164 valence electrons. The number of nitrogens with one attached hydrogen (secondary N) is 2. The number of amidine groups is 1. The number of amides is 1. The summed E-state index contributed by atoms with van der Waals surface area (Å²) in [6.07, 6.45) is 1.83. The van der Waals surface area contributed by atoms with Gasteiger partial charge in [0.15, 0.2) is 0 Å². The number of nitrogens with two attached hydrogens (primary N) is 1. The molecule has 0 unspecified atom stereocenters. The van der Waals surface area contributed by atoms with Crippen molar-refractivity contribution < 1.29 is 13.2 Å². The topological polar surface area (TPSA) is 117 Å². The SMILES string of the molecule is CNC1=C(C(N)=Nc2ccc(-c3cccc(NS(C)(=O)=O)c3)cc2)CN(C(C)=O)CC1. The molecule has 9 heteroatoms. The minimum atomic E-state index is -3.34. The van der Waals surface area contributed by atoms with Gasteiger partial charge in [-0.15, -0.1) is 0 Å². The van der Waals surface area contributed by atoms with E-state index >= 15 is 0 Å². The zero-order chi connectivity index (χ0) is 22.6. The van der Waals surface area contributed by atoms with Gasteiger partial charge in [-0.1, -0.05) is 24.3 Å². The van der Waals surface area contributed by atoms with Gasteiger partial charge in [-0.25, -0.2) is 13.4 Å². The van der Waals surface area contributed by atoms with E-state index in [2.05, 4.69) is 15.0 Å². The molecule has 31 heavy (non-hydrogen) atoms. The van der Waals surface area contributed by atoms with Gasteiger partial charge in [0.05, 0.1) is 18.5 Å². The Balaban J connectivity index is 1.83. The molecule has 1 amide bonds. The molecule has 0 fully saturated rings. The van der Waals surface area contributed by atoms with E-state index in [1.807, 2.05) is 37.4 Å². The molecule has 2 aromatic carbocycles. The molecule has 0 radical (unpaired) electrons. The van der Waals surface area contributed by atoms with Gasteiger partial charge in [-0.3, -0.25) is 9.52 Å². The van der Waals surface area contributed by atoms with Crippen LogP contribution in [0.5, 0.6) is 0 Å². The number of carbonyl (C=O) groups excluding carboxylic acids is 1. The fourth-order valence-electron chi connectivity index (χ4n) is 3.45. The highest BCUT2D eigenvalue weighted by Gasteiger charge is 2.22. The second-order valence-electron chi connectivity index (χ2n) is 7.40. The quantitative estimate of drug-likeness (QED) is 0.470. The fourth-order valence-corrected chi connectivity index (χ4v) is 4.01. The Morgan fingerprint density at radius 3 is 2.45 bits per heavy atom. The minimum Gasteiger partial charge on any atom is -0.391 e. The van der Waals surface area contributed by atoms with Crippen LogP contribution in [-0.2, 0) is 14.8 Å². The number of anilines is 1. The average Bonchev–Trinajstić information content (AvgIpc) is 2.72. The van der Waals surface area contributed by atoms with Crippen LogP contribution in [0.2, 0.25) is 0 Å². The summed E-state index contributed by atoms with van der Waals surface area (Å²) in [5.41, 5.74) is 11.1. The highest BCUT2D eigenvalue weighted by molar-refractivity contribution is 7.92. The second kappa shape index (κ2) is 9.22. The molecule has 3 rings (SSSR count). The van der Waals surface area contributed by atoms with Crippen molar-refractivity contribution in [2.75, 3.05) is 31.1 Å². The maximum Gasteiger partial charge on any atom is 0.229 e. The summed E-state index contributed by atoms with van der Waals surface area (Å²) < 4.78 is 25.4. The summed E-state index contributed by atoms with van der Waals surface area (Å²) in [4.78, 5) is 18.0. The van der Waals surface area contributed by atoms with Crippen LogP contribution in [0.3, 0.4) is 0 Å². The molecule has 1 aliphatic rings. The Bertz CT molecular complexity index is 1140. The highest BCUT2D eigenvalue weighted by atomic mass is 32.2. The number of nitrogens with zero attached hydrogens (tertiary/aromatic N) is 2. The molecule has 0 bridgehead atoms. The van der Waals surface area contributed by atoms with E-state index in [9.17, 15) is 13.2 Å². The molecule has 0 spiro atoms. The molecule has 1 heterocycles. The molecule has 2 aromatic rings. The van der Waals surface area contributed by atoms with E-state index in [1.165, 1.54) is 0 Å². The molecule has 0 atom stereocenters. The molecule has 0 aliphatic carbocycles. The van der Waals surface area contributed by atoms with Crippen LogP contribution < -0.4 is 15.8 Å². The lowest BCUT2D eigenvalue weighted by atomic mass is 10.0. The zero-order valence-electron chi connectivity index (χ0n) is 17.8. The lowest BCUT2D eigenvalue weighted by Gasteiger charge is -2.29. The van der Waals surface area contributed by atoms with Crippen LogP contribution in [-0.4, -0.2) is 51.5 Å². The van der Waals surface area contributed by atoms with Crippen molar-refractivity contribution in [2.45, 2.75) is 13.3 Å². The van der Waals surface area contributed by atoms with Crippen LogP contribution in [0.25, 0.3) is 11.1 Å². The average molecular weight is 442 g/mol. The van der Waals surface area contributed by atoms with Crippen LogP contribution in [0.4, 0.5) is 11.4 Å². The Morgan fingerprint density at radius 1 is 1.13 bits per heavy atom. The normalized spacial score (nSPS) is 15.1. The Hall–Kier alpha value is -3.33. The maximum atomic E-state index is 11.8. The molecule has 0 aromatic heterocycles. The molecular weight excluding hydrogens is 414 g/mol. The minimum absolute atomic E-state index is 0.0115. The van der Waals surface area contributed by atoms with E-state index in [0.717, 1.165) is 28.7 Å². The number of carbonyl (C=O) groups is 1. The van der Waals surface area contributed by atoms with Gasteiger partial charge in [-0.05, 0) is 35.4 Å². The number of sulfonamides is 1. The molecule has 8 nitrogen and oxygen atoms in total. The van der Waals surface area contributed by atoms with Gasteiger partial charge in [0.25, 0.3) is 0 Å². The van der Waals surface area contributed by atoms with Crippen molar-refractivity contribution in [3.8, 4) is 11.1 Å². The molecule has 0 saturated heterocycles. The van der Waals surface area contributed by atoms with Gasteiger partial charge in [0.2, 0.25) is 15.9 Å². The van der Waals surface area contributed by atoms with Crippen LogP contribution in [0.15, 0.2) is 64.8 Å². The zero-order valence-corrected chi connectivity index (χ0v) is 18.7. The third-order valence-electron chi connectivity index (χ3n) is 5.02. The van der Waals surface area contributed by atoms with Crippen molar-refractivity contribution in [1.82, 2.24) is 10.2 Å². The summed E-state index contributed by atoms with van der Waals surface area (Å²) >= 11 is 0. The summed E-state index contributed by atoms with van der Waals surface area (Å²) in [6.45, 7) is 2.64. The van der Waals surface area contributed by atoms with Gasteiger partial charge < -0.3 is 16.0 Å². The van der Waals surface area contributed by atoms with Gasteiger partial charge in [0.1, 0.15) is 5.84 Å². The van der Waals surface area contributed by atoms with Crippen molar-refractivity contribution >= 4 is 33.1 Å². The van der Waals surface area contributed by atoms with Crippen molar-refractivity contribution in [2.24, 2.45) is 10.7 Å². The number of benzene rings is 2. The van der Waals surface area contributed by atoms with E-state index < -0.39 is 10.0 Å². The predicted molar refractivity (Wildman–Crippen MR) is 125 cm³/mol. The monoisotopic (exact) mass is 441 g/mol. The third-order valence-corrected chi connectivity index (χ3v) is 5.62. The predicted octanol–water partition coefficient (Wildman–Crippen LogP) is 2.44. The maximum absolute atomic E-state index is 11.8. The summed E-state index contributed by atoms with van der Waals surface area (Å²) in [5.74, 6) is 0.389. The first-order valence-electron chi connectivity index (χ1n) is 9.84. The van der Waals surface area contributed by atoms with E-state index in [-0.39, 0.29) is 5.91 Å². The molecule has 0 saturated carbocycles. The number of aliphatic imine (C=N–C) groups is 1. The summed E-state index contributed by atoms with van der Waals surface area (Å²) in [6, 6.07) is 14.7. The Kier molecular flexibility index (Phi) is 6.65. The smallest absolute Gasteiger partial charge is 0.229 e. The van der Waals surface area contributed by atoms with E-state index in [1.54, 1.807) is 30.0 Å². The Morgan fingerprint density at radius 2 is 1.84 bits per heavy atom. The summed E-state index contributed by atoms with van der Waals surface area (Å²) in [7, 11) is -1.50. The van der Waals surface area contributed by atoms with Gasteiger partial charge in [0, 0.05) is 43.9 Å². The molecule has 1 aliphatic heterocycles. The second-order valence-corrected chi connectivity index (χ2v) is 9.15. The largest absolute Gasteiger partial charge is 0.391 e. The lowest BCUT2D eigenvalue weighted by molar-refractivity contribution is -0.128. The van der Waals surface area contributed by atoms with Crippen molar-refractivity contribution in [3.05, 3.63) is 59.8 Å². The first kappa shape index (κ1) is 22.4. The van der Waals surface area contributed by atoms with Gasteiger partial charge >= 0.3 is 0 Å².